The van der Waals surface area contributed by atoms with Crippen LogP contribution in [0.3, 0.4) is 0 Å². The highest BCUT2D eigenvalue weighted by Crippen LogP contribution is 2.43. The predicted octanol–water partition coefficient (Wildman–Crippen LogP) is 4.83. The SMILES string of the molecule is COc1cc2c(C(C(=O)[O-])C3CCCC3)c(C)n(C(=O)c3ccc(C(F)(F)F)cc3)c2cc1F. The van der Waals surface area contributed by atoms with Gasteiger partial charge in [0.15, 0.2) is 11.6 Å². The highest BCUT2D eigenvalue weighted by Gasteiger charge is 2.34. The summed E-state index contributed by atoms with van der Waals surface area (Å²) < 4.78 is 59.7. The molecule has 1 fully saturated rings. The summed E-state index contributed by atoms with van der Waals surface area (Å²) in [7, 11) is 1.27. The van der Waals surface area contributed by atoms with E-state index in [4.69, 9.17) is 4.74 Å². The molecule has 1 unspecified atom stereocenters. The molecule has 4 rings (SSSR count). The van der Waals surface area contributed by atoms with Crippen LogP contribution in [0.4, 0.5) is 17.6 Å². The van der Waals surface area contributed by atoms with Crippen LogP contribution in [-0.2, 0) is 11.0 Å². The van der Waals surface area contributed by atoms with Crippen LogP contribution >= 0.6 is 0 Å². The van der Waals surface area contributed by atoms with Gasteiger partial charge in [-0.15, -0.1) is 0 Å². The smallest absolute Gasteiger partial charge is 0.416 e. The second-order valence-electron chi connectivity index (χ2n) is 8.56. The summed E-state index contributed by atoms with van der Waals surface area (Å²) in [5.41, 5.74) is -0.247. The van der Waals surface area contributed by atoms with Crippen molar-refractivity contribution in [2.75, 3.05) is 7.11 Å². The molecule has 1 atom stereocenters. The molecule has 1 heterocycles. The molecule has 0 radical (unpaired) electrons. The fraction of sp³-hybridized carbons (Fsp3) is 0.360. The molecule has 0 spiro atoms. The second kappa shape index (κ2) is 8.77. The third-order valence-corrected chi connectivity index (χ3v) is 6.62. The number of hydrogen-bond acceptors (Lipinski definition) is 4. The number of nitrogens with zero attached hydrogens (tertiary/aromatic N) is 1. The van der Waals surface area contributed by atoms with Gasteiger partial charge in [-0.1, -0.05) is 12.8 Å². The van der Waals surface area contributed by atoms with Crippen LogP contribution in [0.2, 0.25) is 0 Å². The standard InChI is InChI=1S/C25H23F4NO4/c1-13-21(22(24(32)33)14-5-3-4-6-14)17-11-20(34-2)18(26)12-19(17)30(13)23(31)15-7-9-16(10-8-15)25(27,28)29/h7-12,14,22H,3-6H2,1-2H3,(H,32,33)/p-1. The molecule has 1 saturated carbocycles. The van der Waals surface area contributed by atoms with Gasteiger partial charge in [-0.25, -0.2) is 4.39 Å². The Kier molecular flexibility index (Phi) is 6.14. The van der Waals surface area contributed by atoms with E-state index in [0.717, 1.165) is 47.7 Å². The molecule has 3 aromatic rings. The number of ether oxygens (including phenoxy) is 1. The minimum absolute atomic E-state index is 0.0540. The Hall–Kier alpha value is -3.36. The van der Waals surface area contributed by atoms with E-state index < -0.39 is 35.4 Å². The van der Waals surface area contributed by atoms with Gasteiger partial charge in [0.25, 0.3) is 5.91 Å². The Bertz CT molecular complexity index is 1250. The molecule has 0 amide bonds. The van der Waals surface area contributed by atoms with E-state index in [2.05, 4.69) is 0 Å². The van der Waals surface area contributed by atoms with E-state index in [0.29, 0.717) is 23.8 Å². The Morgan fingerprint density at radius 3 is 2.26 bits per heavy atom. The number of alkyl halides is 3. The summed E-state index contributed by atoms with van der Waals surface area (Å²) in [6, 6.07) is 6.11. The number of carbonyl (C=O) groups excluding carboxylic acids is 2. The number of hydrogen-bond donors (Lipinski definition) is 0. The van der Waals surface area contributed by atoms with Gasteiger partial charge in [-0.2, -0.15) is 13.2 Å². The number of aliphatic carboxylic acids is 1. The fourth-order valence-electron chi connectivity index (χ4n) is 5.02. The predicted molar refractivity (Wildman–Crippen MR) is 114 cm³/mol. The molecule has 1 aromatic heterocycles. The lowest BCUT2D eigenvalue weighted by atomic mass is 9.83. The van der Waals surface area contributed by atoms with Crippen molar-refractivity contribution in [2.45, 2.75) is 44.7 Å². The molecule has 1 aliphatic rings. The number of halogens is 4. The zero-order valence-electron chi connectivity index (χ0n) is 18.5. The van der Waals surface area contributed by atoms with E-state index in [-0.39, 0.29) is 28.4 Å². The second-order valence-corrected chi connectivity index (χ2v) is 8.56. The highest BCUT2D eigenvalue weighted by molar-refractivity contribution is 6.05. The lowest BCUT2D eigenvalue weighted by Crippen LogP contribution is -2.34. The van der Waals surface area contributed by atoms with Crippen LogP contribution in [0.1, 0.15) is 58.8 Å². The van der Waals surface area contributed by atoms with E-state index in [1.165, 1.54) is 13.2 Å². The maximum atomic E-state index is 14.6. The van der Waals surface area contributed by atoms with Crippen LogP contribution in [-0.4, -0.2) is 23.6 Å². The molecule has 180 valence electrons. The summed E-state index contributed by atoms with van der Waals surface area (Å²) in [5, 5.41) is 12.6. The van der Waals surface area contributed by atoms with Crippen molar-refractivity contribution >= 4 is 22.8 Å². The highest BCUT2D eigenvalue weighted by atomic mass is 19.4. The lowest BCUT2D eigenvalue weighted by Gasteiger charge is -2.25. The van der Waals surface area contributed by atoms with E-state index in [1.807, 2.05) is 0 Å². The molecule has 2 aromatic carbocycles. The summed E-state index contributed by atoms with van der Waals surface area (Å²) in [6.45, 7) is 1.55. The zero-order chi connectivity index (χ0) is 24.8. The molecule has 1 aliphatic carbocycles. The fourth-order valence-corrected chi connectivity index (χ4v) is 5.02. The molecular weight excluding hydrogens is 454 g/mol. The van der Waals surface area contributed by atoms with Crippen LogP contribution in [0, 0.1) is 18.7 Å². The van der Waals surface area contributed by atoms with Crippen molar-refractivity contribution in [1.29, 1.82) is 0 Å². The molecule has 5 nitrogen and oxygen atoms in total. The summed E-state index contributed by atoms with van der Waals surface area (Å²) >= 11 is 0. The minimum Gasteiger partial charge on any atom is -0.549 e. The maximum absolute atomic E-state index is 14.6. The van der Waals surface area contributed by atoms with E-state index >= 15 is 0 Å². The summed E-state index contributed by atoms with van der Waals surface area (Å²) in [5.74, 6) is -4.10. The number of benzene rings is 2. The number of aromatic nitrogens is 1. The van der Waals surface area contributed by atoms with Crippen molar-refractivity contribution < 1.29 is 37.0 Å². The molecule has 0 bridgehead atoms. The minimum atomic E-state index is -4.56. The average Bonchev–Trinajstić information content (AvgIpc) is 3.39. The maximum Gasteiger partial charge on any atom is 0.416 e. The first-order valence-corrected chi connectivity index (χ1v) is 10.9. The molecule has 34 heavy (non-hydrogen) atoms. The van der Waals surface area contributed by atoms with Crippen LogP contribution in [0.15, 0.2) is 36.4 Å². The van der Waals surface area contributed by atoms with Crippen LogP contribution < -0.4 is 9.84 Å². The number of carbonyl (C=O) groups is 2. The van der Waals surface area contributed by atoms with Crippen molar-refractivity contribution in [3.8, 4) is 5.75 Å². The van der Waals surface area contributed by atoms with Crippen molar-refractivity contribution in [3.05, 3.63) is 64.6 Å². The molecule has 9 heteroatoms. The molecular formula is C25H22F4NO4-. The Morgan fingerprint density at radius 1 is 1.12 bits per heavy atom. The first kappa shape index (κ1) is 23.8. The van der Waals surface area contributed by atoms with Crippen molar-refractivity contribution in [3.63, 3.8) is 0 Å². The van der Waals surface area contributed by atoms with E-state index in [9.17, 15) is 32.3 Å². The van der Waals surface area contributed by atoms with Gasteiger partial charge in [0.05, 0.1) is 18.2 Å². The first-order chi connectivity index (χ1) is 16.0. The van der Waals surface area contributed by atoms with Crippen LogP contribution in [0.25, 0.3) is 10.9 Å². The Balaban J connectivity index is 1.93. The Labute approximate surface area is 192 Å². The van der Waals surface area contributed by atoms with Gasteiger partial charge in [0.2, 0.25) is 0 Å². The number of rotatable bonds is 5. The molecule has 0 saturated heterocycles. The number of carboxylic acid groups (broad SMARTS) is 1. The summed E-state index contributed by atoms with van der Waals surface area (Å²) in [4.78, 5) is 25.7. The first-order valence-electron chi connectivity index (χ1n) is 10.9. The van der Waals surface area contributed by atoms with Gasteiger partial charge in [0.1, 0.15) is 0 Å². The summed E-state index contributed by atoms with van der Waals surface area (Å²) in [6.07, 6.45) is -1.47. The topological polar surface area (TPSA) is 71.4 Å². The molecule has 0 N–H and O–H groups in total. The van der Waals surface area contributed by atoms with Gasteiger partial charge < -0.3 is 14.6 Å². The normalized spacial score (nSPS) is 15.6. The number of fused-ring (bicyclic) bond motifs is 1. The average molecular weight is 476 g/mol. The van der Waals surface area contributed by atoms with Crippen molar-refractivity contribution in [1.82, 2.24) is 4.57 Å². The van der Waals surface area contributed by atoms with Gasteiger partial charge >= 0.3 is 6.18 Å². The number of methoxy groups -OCH3 is 1. The van der Waals surface area contributed by atoms with E-state index in [1.54, 1.807) is 6.92 Å². The third-order valence-electron chi connectivity index (χ3n) is 6.62. The van der Waals surface area contributed by atoms with Gasteiger partial charge in [0, 0.05) is 34.6 Å². The van der Waals surface area contributed by atoms with Gasteiger partial charge in [-0.3, -0.25) is 9.36 Å². The quantitative estimate of drug-likeness (QED) is 0.495. The largest absolute Gasteiger partial charge is 0.549 e. The van der Waals surface area contributed by atoms with Crippen molar-refractivity contribution in [2.24, 2.45) is 5.92 Å². The number of carboxylic acids is 1. The van der Waals surface area contributed by atoms with Gasteiger partial charge in [-0.05, 0) is 61.6 Å². The monoisotopic (exact) mass is 476 g/mol. The lowest BCUT2D eigenvalue weighted by molar-refractivity contribution is -0.309. The van der Waals surface area contributed by atoms with Crippen LogP contribution in [0.5, 0.6) is 5.75 Å². The third kappa shape index (κ3) is 4.03. The zero-order valence-corrected chi connectivity index (χ0v) is 18.5. The molecule has 0 aliphatic heterocycles. The Morgan fingerprint density at radius 2 is 1.74 bits per heavy atom.